The number of amides is 2. The first kappa shape index (κ1) is 28.3. The lowest BCUT2D eigenvalue weighted by Gasteiger charge is -2.35. The highest BCUT2D eigenvalue weighted by Crippen LogP contribution is 2.45. The number of hydrogen-bond donors (Lipinski definition) is 0. The third-order valence-electron chi connectivity index (χ3n) is 8.97. The second kappa shape index (κ2) is 11.1. The molecule has 42 heavy (non-hydrogen) atoms. The SMILES string of the molecule is COCc1nn(C)cc1-c1cc2c(cc1C(F)F)N(c1cc(C3CCC(=O)N(C)C3)cc3c1CN(C(C)=O)C3)CCC2. The molecular formula is C32H37F2N5O3. The number of ether oxygens (including phenoxy) is 1. The van der Waals surface area contributed by atoms with Crippen molar-refractivity contribution in [3.05, 3.63) is 64.0 Å². The molecule has 1 saturated heterocycles. The zero-order valence-electron chi connectivity index (χ0n) is 24.6. The number of likely N-dealkylation sites (N-methyl/N-ethyl adjacent to an activating group) is 1. The topological polar surface area (TPSA) is 70.9 Å². The van der Waals surface area contributed by atoms with E-state index in [9.17, 15) is 18.4 Å². The van der Waals surface area contributed by atoms with E-state index in [-0.39, 0.29) is 29.9 Å². The monoisotopic (exact) mass is 577 g/mol. The van der Waals surface area contributed by atoms with Gasteiger partial charge in [0, 0.05) is 101 Å². The van der Waals surface area contributed by atoms with E-state index in [0.29, 0.717) is 49.4 Å². The number of piperidine rings is 1. The molecule has 6 rings (SSSR count). The van der Waals surface area contributed by atoms with Crippen LogP contribution in [0.3, 0.4) is 0 Å². The summed E-state index contributed by atoms with van der Waals surface area (Å²) in [5.74, 6) is 0.336. The molecule has 1 atom stereocenters. The predicted octanol–water partition coefficient (Wildman–Crippen LogP) is 5.45. The largest absolute Gasteiger partial charge is 0.378 e. The summed E-state index contributed by atoms with van der Waals surface area (Å²) in [6, 6.07) is 7.93. The Kier molecular flexibility index (Phi) is 7.51. The number of hydrogen-bond acceptors (Lipinski definition) is 5. The van der Waals surface area contributed by atoms with Gasteiger partial charge in [-0.15, -0.1) is 0 Å². The van der Waals surface area contributed by atoms with Crippen LogP contribution in [0, 0.1) is 0 Å². The van der Waals surface area contributed by atoms with E-state index < -0.39 is 6.43 Å². The molecule has 0 radical (unpaired) electrons. The van der Waals surface area contributed by atoms with E-state index in [2.05, 4.69) is 22.1 Å². The highest BCUT2D eigenvalue weighted by atomic mass is 19.3. The number of likely N-dealkylation sites (tertiary alicyclic amines) is 1. The van der Waals surface area contributed by atoms with Gasteiger partial charge < -0.3 is 19.4 Å². The van der Waals surface area contributed by atoms with Crippen molar-refractivity contribution in [1.29, 1.82) is 0 Å². The molecule has 0 saturated carbocycles. The lowest BCUT2D eigenvalue weighted by Crippen LogP contribution is -2.36. The van der Waals surface area contributed by atoms with Crippen LogP contribution in [0.5, 0.6) is 0 Å². The first-order chi connectivity index (χ1) is 20.1. The molecule has 3 aliphatic heterocycles. The number of halogens is 2. The minimum Gasteiger partial charge on any atom is -0.378 e. The Bertz CT molecular complexity index is 1550. The number of methoxy groups -OCH3 is 1. The Morgan fingerprint density at radius 1 is 1.07 bits per heavy atom. The lowest BCUT2D eigenvalue weighted by atomic mass is 9.87. The Labute approximate surface area is 244 Å². The third-order valence-corrected chi connectivity index (χ3v) is 8.97. The summed E-state index contributed by atoms with van der Waals surface area (Å²) >= 11 is 0. The van der Waals surface area contributed by atoms with E-state index in [1.807, 2.05) is 18.0 Å². The number of anilines is 2. The maximum Gasteiger partial charge on any atom is 0.264 e. The molecule has 1 fully saturated rings. The van der Waals surface area contributed by atoms with Crippen LogP contribution in [0.15, 0.2) is 30.5 Å². The molecule has 2 amide bonds. The summed E-state index contributed by atoms with van der Waals surface area (Å²) in [6.45, 7) is 4.16. The number of carbonyl (C=O) groups excluding carboxylic acids is 2. The minimum atomic E-state index is -2.68. The van der Waals surface area contributed by atoms with Crippen molar-refractivity contribution >= 4 is 23.2 Å². The Morgan fingerprint density at radius 2 is 1.88 bits per heavy atom. The number of benzene rings is 2. The van der Waals surface area contributed by atoms with Gasteiger partial charge in [0.25, 0.3) is 6.43 Å². The zero-order chi connectivity index (χ0) is 29.7. The quantitative estimate of drug-likeness (QED) is 0.390. The minimum absolute atomic E-state index is 0.00806. The fourth-order valence-electron chi connectivity index (χ4n) is 6.81. The second-order valence-corrected chi connectivity index (χ2v) is 11.8. The van der Waals surface area contributed by atoms with Crippen molar-refractivity contribution in [3.8, 4) is 11.1 Å². The van der Waals surface area contributed by atoms with E-state index >= 15 is 0 Å². The van der Waals surface area contributed by atoms with Gasteiger partial charge in [0.1, 0.15) is 0 Å². The average Bonchev–Trinajstić information content (AvgIpc) is 3.56. The Hall–Kier alpha value is -3.79. The molecule has 0 spiro atoms. The van der Waals surface area contributed by atoms with E-state index in [1.54, 1.807) is 42.9 Å². The van der Waals surface area contributed by atoms with Crippen molar-refractivity contribution in [2.45, 2.75) is 64.6 Å². The maximum absolute atomic E-state index is 14.7. The molecule has 8 nitrogen and oxygen atoms in total. The van der Waals surface area contributed by atoms with E-state index in [4.69, 9.17) is 4.74 Å². The van der Waals surface area contributed by atoms with Gasteiger partial charge in [0.2, 0.25) is 11.8 Å². The van der Waals surface area contributed by atoms with Crippen molar-refractivity contribution in [2.24, 2.45) is 7.05 Å². The first-order valence-corrected chi connectivity index (χ1v) is 14.5. The summed E-state index contributed by atoms with van der Waals surface area (Å²) in [4.78, 5) is 30.4. The summed E-state index contributed by atoms with van der Waals surface area (Å²) in [7, 11) is 5.19. The molecule has 1 aromatic heterocycles. The van der Waals surface area contributed by atoms with Crippen molar-refractivity contribution in [1.82, 2.24) is 19.6 Å². The van der Waals surface area contributed by atoms with Gasteiger partial charge >= 0.3 is 0 Å². The summed E-state index contributed by atoms with van der Waals surface area (Å²) in [6.07, 6.45) is 2.02. The van der Waals surface area contributed by atoms with Gasteiger partial charge in [0.05, 0.1) is 12.3 Å². The van der Waals surface area contributed by atoms with Crippen molar-refractivity contribution < 1.29 is 23.1 Å². The molecule has 0 bridgehead atoms. The molecule has 4 heterocycles. The predicted molar refractivity (Wildman–Crippen MR) is 156 cm³/mol. The van der Waals surface area contributed by atoms with Crippen LogP contribution in [-0.2, 0) is 47.5 Å². The van der Waals surface area contributed by atoms with Gasteiger partial charge in [-0.05, 0) is 59.7 Å². The fraction of sp³-hybridized carbons (Fsp3) is 0.469. The number of nitrogens with zero attached hydrogens (tertiary/aromatic N) is 5. The molecule has 3 aliphatic rings. The summed E-state index contributed by atoms with van der Waals surface area (Å²) in [5.41, 5.74) is 7.80. The molecular weight excluding hydrogens is 540 g/mol. The van der Waals surface area contributed by atoms with Crippen LogP contribution in [0.25, 0.3) is 11.1 Å². The molecule has 3 aromatic rings. The van der Waals surface area contributed by atoms with Crippen LogP contribution in [-0.4, -0.2) is 58.6 Å². The Morgan fingerprint density at radius 3 is 2.60 bits per heavy atom. The third kappa shape index (κ3) is 5.06. The molecule has 0 N–H and O–H groups in total. The standard InChI is InChI=1S/C32H37F2N5O3/c1-19(40)38-15-23-10-22(21-7-8-31(41)36(2)14-21)12-30(26(23)17-38)39-9-5-6-20-11-24(25(32(33)34)13-29(20)39)27-16-37(3)35-28(27)18-42-4/h10-13,16,21,32H,5-9,14-15,17-18H2,1-4H3. The van der Waals surface area contributed by atoms with Crippen LogP contribution in [0.1, 0.15) is 72.0 Å². The van der Waals surface area contributed by atoms with Crippen molar-refractivity contribution in [2.75, 3.05) is 32.1 Å². The fourth-order valence-corrected chi connectivity index (χ4v) is 6.81. The lowest BCUT2D eigenvalue weighted by molar-refractivity contribution is -0.132. The van der Waals surface area contributed by atoms with Crippen LogP contribution in [0.2, 0.25) is 0 Å². The number of aromatic nitrogens is 2. The van der Waals surface area contributed by atoms with Crippen LogP contribution in [0.4, 0.5) is 20.2 Å². The average molecular weight is 578 g/mol. The number of carbonyl (C=O) groups is 2. The van der Waals surface area contributed by atoms with Gasteiger partial charge in [0.15, 0.2) is 0 Å². The Balaban J connectivity index is 1.48. The zero-order valence-corrected chi connectivity index (χ0v) is 24.6. The van der Waals surface area contributed by atoms with Gasteiger partial charge in [-0.25, -0.2) is 8.78 Å². The van der Waals surface area contributed by atoms with E-state index in [0.717, 1.165) is 52.9 Å². The molecule has 1 unspecified atom stereocenters. The second-order valence-electron chi connectivity index (χ2n) is 11.8. The van der Waals surface area contributed by atoms with Gasteiger partial charge in [-0.1, -0.05) is 6.07 Å². The van der Waals surface area contributed by atoms with Crippen molar-refractivity contribution in [3.63, 3.8) is 0 Å². The molecule has 0 aliphatic carbocycles. The van der Waals surface area contributed by atoms with Gasteiger partial charge in [-0.3, -0.25) is 14.3 Å². The normalized spacial score (nSPS) is 18.6. The number of alkyl halides is 2. The number of aryl methyl sites for hydroxylation is 2. The highest BCUT2D eigenvalue weighted by molar-refractivity contribution is 5.81. The molecule has 10 heteroatoms. The van der Waals surface area contributed by atoms with Gasteiger partial charge in [-0.2, -0.15) is 5.10 Å². The molecule has 222 valence electrons. The summed E-state index contributed by atoms with van der Waals surface area (Å²) < 4.78 is 36.4. The van der Waals surface area contributed by atoms with Crippen LogP contribution >= 0.6 is 0 Å². The first-order valence-electron chi connectivity index (χ1n) is 14.5. The highest BCUT2D eigenvalue weighted by Gasteiger charge is 2.33. The number of fused-ring (bicyclic) bond motifs is 2. The summed E-state index contributed by atoms with van der Waals surface area (Å²) in [5, 5.41) is 4.46. The maximum atomic E-state index is 14.7. The van der Waals surface area contributed by atoms with E-state index in [1.165, 1.54) is 0 Å². The smallest absolute Gasteiger partial charge is 0.264 e. The van der Waals surface area contributed by atoms with Crippen LogP contribution < -0.4 is 4.90 Å². The molecule has 2 aromatic carbocycles. The number of rotatable bonds is 6.